The van der Waals surface area contributed by atoms with E-state index >= 15 is 0 Å². The van der Waals surface area contributed by atoms with E-state index in [0.717, 1.165) is 70.1 Å². The minimum atomic E-state index is -0.0223. The first-order valence-corrected chi connectivity index (χ1v) is 21.6. The number of ether oxygens (including phenoxy) is 2. The molecule has 4 unspecified atom stereocenters. The van der Waals surface area contributed by atoms with Crippen LogP contribution in [0.2, 0.25) is 0 Å². The quantitative estimate of drug-likeness (QED) is 0.0652. The fraction of sp³-hybridized carbons (Fsp3) is 0.955. The summed E-state index contributed by atoms with van der Waals surface area (Å²) in [6.45, 7) is 17.0. The molecule has 0 aromatic carbocycles. The van der Waals surface area contributed by atoms with Crippen molar-refractivity contribution in [3.63, 3.8) is 0 Å². The molecule has 0 aromatic rings. The van der Waals surface area contributed by atoms with Crippen molar-refractivity contribution in [2.45, 2.75) is 222 Å². The summed E-state index contributed by atoms with van der Waals surface area (Å²) in [6, 6.07) is 0. The maximum atomic E-state index is 12.6. The molecule has 1 N–H and O–H groups in total. The number of esters is 2. The molecule has 2 aliphatic carbocycles. The van der Waals surface area contributed by atoms with Crippen LogP contribution in [0, 0.1) is 28.1 Å². The lowest BCUT2D eigenvalue weighted by Crippen LogP contribution is -2.48. The molecule has 5 nitrogen and oxygen atoms in total. The van der Waals surface area contributed by atoms with Gasteiger partial charge in [-0.25, -0.2) is 0 Å². The Balaban J connectivity index is 0.00000589. The predicted octanol–water partition coefficient (Wildman–Crippen LogP) is 12.9. The number of rotatable bonds is 28. The Bertz CT molecular complexity index is 837. The van der Waals surface area contributed by atoms with Gasteiger partial charge in [0.15, 0.2) is 0 Å². The van der Waals surface area contributed by atoms with Crippen LogP contribution >= 0.6 is 0 Å². The Hall–Kier alpha value is -1.10. The molecule has 5 heteroatoms. The molecule has 2 saturated carbocycles. The molecular weight excluding hydrogens is 608 g/mol. The Morgan fingerprint density at radius 2 is 1.24 bits per heavy atom. The summed E-state index contributed by atoms with van der Waals surface area (Å²) < 4.78 is 11.5. The lowest BCUT2D eigenvalue weighted by Gasteiger charge is -2.59. The molecule has 49 heavy (non-hydrogen) atoms. The molecule has 0 spiro atoms. The van der Waals surface area contributed by atoms with Crippen LogP contribution in [-0.4, -0.2) is 36.9 Å². The molecule has 2 bridgehead atoms. The Kier molecular flexibility index (Phi) is 25.0. The summed E-state index contributed by atoms with van der Waals surface area (Å²) in [4.78, 5) is 24.9. The number of aliphatic hydroxyl groups excluding tert-OH is 1. The molecule has 0 radical (unpaired) electrons. The van der Waals surface area contributed by atoms with Gasteiger partial charge in [-0.15, -0.1) is 0 Å². The predicted molar refractivity (Wildman–Crippen MR) is 208 cm³/mol. The number of carbonyl (C=O) groups is 2. The first-order valence-electron chi connectivity index (χ1n) is 21.6. The van der Waals surface area contributed by atoms with Crippen LogP contribution in [0.1, 0.15) is 222 Å². The number of unbranched alkanes of at least 4 members (excludes halogenated alkanes) is 6. The zero-order chi connectivity index (χ0) is 36.4. The van der Waals surface area contributed by atoms with Crippen molar-refractivity contribution in [2.24, 2.45) is 28.1 Å². The molecule has 2 aliphatic rings. The molecule has 0 heterocycles. The van der Waals surface area contributed by atoms with Crippen molar-refractivity contribution in [3.05, 3.63) is 0 Å². The Morgan fingerprint density at radius 3 is 1.84 bits per heavy atom. The lowest BCUT2D eigenvalue weighted by molar-refractivity contribution is -0.144. The van der Waals surface area contributed by atoms with Crippen molar-refractivity contribution < 1.29 is 24.2 Å². The third-order valence-electron chi connectivity index (χ3n) is 12.1. The van der Waals surface area contributed by atoms with Gasteiger partial charge in [0.05, 0.1) is 13.2 Å². The SMILES string of the molecule is CC.CCCCCCCCC(=O)OCCCC1(C)CC2CC(CC)(CCCO)CC(CCCOC(=O)CCCCC(CCC)CCC)(C2)C1. The van der Waals surface area contributed by atoms with Crippen LogP contribution in [0.3, 0.4) is 0 Å². The maximum absolute atomic E-state index is 12.6. The van der Waals surface area contributed by atoms with Crippen LogP contribution in [-0.2, 0) is 19.1 Å². The van der Waals surface area contributed by atoms with Gasteiger partial charge >= 0.3 is 11.9 Å². The summed E-state index contributed by atoms with van der Waals surface area (Å²) in [5, 5.41) is 9.70. The van der Waals surface area contributed by atoms with Gasteiger partial charge in [0, 0.05) is 19.4 Å². The zero-order valence-electron chi connectivity index (χ0n) is 33.9. The smallest absolute Gasteiger partial charge is 0.305 e. The fourth-order valence-corrected chi connectivity index (χ4v) is 10.2. The minimum absolute atomic E-state index is 0.0167. The van der Waals surface area contributed by atoms with Crippen molar-refractivity contribution in [3.8, 4) is 0 Å². The van der Waals surface area contributed by atoms with Crippen LogP contribution in [0.15, 0.2) is 0 Å². The normalized spacial score (nSPS) is 24.7. The summed E-state index contributed by atoms with van der Waals surface area (Å²) >= 11 is 0. The number of hydrogen-bond acceptors (Lipinski definition) is 5. The fourth-order valence-electron chi connectivity index (χ4n) is 10.2. The molecule has 290 valence electrons. The molecule has 0 saturated heterocycles. The molecule has 0 amide bonds. The van der Waals surface area contributed by atoms with Crippen molar-refractivity contribution in [2.75, 3.05) is 19.8 Å². The third kappa shape index (κ3) is 18.8. The van der Waals surface area contributed by atoms with Gasteiger partial charge in [0.2, 0.25) is 0 Å². The number of hydrogen-bond donors (Lipinski definition) is 1. The second-order valence-corrected chi connectivity index (χ2v) is 16.7. The van der Waals surface area contributed by atoms with Crippen LogP contribution in [0.25, 0.3) is 0 Å². The van der Waals surface area contributed by atoms with Gasteiger partial charge < -0.3 is 14.6 Å². The van der Waals surface area contributed by atoms with E-state index < -0.39 is 0 Å². The second kappa shape index (κ2) is 26.6. The zero-order valence-corrected chi connectivity index (χ0v) is 33.9. The van der Waals surface area contributed by atoms with Gasteiger partial charge in [-0.05, 0) is 112 Å². The summed E-state index contributed by atoms with van der Waals surface area (Å²) in [5.74, 6) is 1.49. The lowest BCUT2D eigenvalue weighted by atomic mass is 9.46. The van der Waals surface area contributed by atoms with E-state index in [4.69, 9.17) is 9.47 Å². The van der Waals surface area contributed by atoms with E-state index in [1.54, 1.807) is 0 Å². The van der Waals surface area contributed by atoms with Crippen molar-refractivity contribution >= 4 is 11.9 Å². The van der Waals surface area contributed by atoms with Gasteiger partial charge in [-0.3, -0.25) is 9.59 Å². The summed E-state index contributed by atoms with van der Waals surface area (Å²) in [6.07, 6.45) is 30.3. The highest BCUT2D eigenvalue weighted by atomic mass is 16.5. The van der Waals surface area contributed by atoms with E-state index in [1.165, 1.54) is 96.3 Å². The summed E-state index contributed by atoms with van der Waals surface area (Å²) in [5.41, 5.74) is 0.856. The number of aliphatic hydroxyl groups is 1. The number of carbonyl (C=O) groups excluding carboxylic acids is 2. The molecular formula is C44H84O5. The van der Waals surface area contributed by atoms with Gasteiger partial charge in [-0.2, -0.15) is 0 Å². The first-order chi connectivity index (χ1) is 23.7. The Labute approximate surface area is 305 Å². The van der Waals surface area contributed by atoms with E-state index in [0.29, 0.717) is 37.4 Å². The Morgan fingerprint density at radius 1 is 0.653 bits per heavy atom. The van der Waals surface area contributed by atoms with E-state index in [9.17, 15) is 14.7 Å². The van der Waals surface area contributed by atoms with Crippen LogP contribution in [0.4, 0.5) is 0 Å². The van der Waals surface area contributed by atoms with E-state index in [2.05, 4.69) is 34.6 Å². The molecule has 0 aromatic heterocycles. The van der Waals surface area contributed by atoms with Gasteiger partial charge in [-0.1, -0.05) is 126 Å². The maximum Gasteiger partial charge on any atom is 0.305 e. The second-order valence-electron chi connectivity index (χ2n) is 16.7. The third-order valence-corrected chi connectivity index (χ3v) is 12.1. The van der Waals surface area contributed by atoms with Gasteiger partial charge in [0.25, 0.3) is 0 Å². The van der Waals surface area contributed by atoms with Gasteiger partial charge in [0.1, 0.15) is 0 Å². The van der Waals surface area contributed by atoms with E-state index in [1.807, 2.05) is 13.8 Å². The highest BCUT2D eigenvalue weighted by Gasteiger charge is 2.53. The number of fused-ring (bicyclic) bond motifs is 2. The molecule has 0 aliphatic heterocycles. The largest absolute Gasteiger partial charge is 0.466 e. The van der Waals surface area contributed by atoms with Crippen LogP contribution < -0.4 is 0 Å². The highest BCUT2D eigenvalue weighted by Crippen LogP contribution is 2.64. The molecule has 4 atom stereocenters. The molecule has 2 fully saturated rings. The summed E-state index contributed by atoms with van der Waals surface area (Å²) in [7, 11) is 0. The van der Waals surface area contributed by atoms with Crippen LogP contribution in [0.5, 0.6) is 0 Å². The van der Waals surface area contributed by atoms with Crippen molar-refractivity contribution in [1.82, 2.24) is 0 Å². The van der Waals surface area contributed by atoms with Crippen molar-refractivity contribution in [1.29, 1.82) is 0 Å². The standard InChI is InChI=1S/C42H78O5.C2H6/c1-6-10-11-12-13-14-23-38(44)46-29-18-25-40(5)31-37-32-41(9-4,26-17-28-43)35-42(33-37,34-40)27-19-30-47-39(45)24-16-15-22-36(20-7-2)21-8-3;1-2/h36-37,43H,6-35H2,1-5H3;1-2H3. The average Bonchev–Trinajstić information content (AvgIpc) is 3.08. The minimum Gasteiger partial charge on any atom is -0.466 e. The first kappa shape index (κ1) is 45.9. The average molecular weight is 693 g/mol. The highest BCUT2D eigenvalue weighted by molar-refractivity contribution is 5.69. The monoisotopic (exact) mass is 693 g/mol. The molecule has 2 rings (SSSR count). The van der Waals surface area contributed by atoms with E-state index in [-0.39, 0.29) is 29.4 Å². The topological polar surface area (TPSA) is 72.8 Å².